The Labute approximate surface area is 161 Å². The number of carbonyl (C=O) groups excluding carboxylic acids is 1. The Kier molecular flexibility index (Phi) is 6.29. The van der Waals surface area contributed by atoms with Crippen molar-refractivity contribution in [3.05, 3.63) is 53.7 Å². The number of para-hydroxylation sites is 1. The fraction of sp³-hybridized carbons (Fsp3) is 0.429. The predicted octanol–water partition coefficient (Wildman–Crippen LogP) is 3.28. The number of hydrogen-bond acceptors (Lipinski definition) is 4. The van der Waals surface area contributed by atoms with Gasteiger partial charge in [0.25, 0.3) is 0 Å². The topological polar surface area (TPSA) is 60.5 Å². The van der Waals surface area contributed by atoms with Gasteiger partial charge in [-0.25, -0.2) is 9.78 Å². The third-order valence-electron chi connectivity index (χ3n) is 4.92. The summed E-state index contributed by atoms with van der Waals surface area (Å²) >= 11 is 0. The van der Waals surface area contributed by atoms with Crippen molar-refractivity contribution in [2.75, 3.05) is 43.4 Å². The molecule has 0 unspecified atom stereocenters. The Morgan fingerprint density at radius 2 is 1.85 bits per heavy atom. The van der Waals surface area contributed by atoms with Crippen molar-refractivity contribution in [2.24, 2.45) is 0 Å². The first-order valence-electron chi connectivity index (χ1n) is 9.55. The Morgan fingerprint density at radius 3 is 2.52 bits per heavy atom. The van der Waals surface area contributed by atoms with Crippen LogP contribution in [0.4, 0.5) is 16.3 Å². The molecular formula is C21H29N5O. The van der Waals surface area contributed by atoms with Gasteiger partial charge in [0.05, 0.1) is 0 Å². The molecule has 2 amide bonds. The van der Waals surface area contributed by atoms with E-state index in [4.69, 9.17) is 0 Å². The Hall–Kier alpha value is -2.60. The largest absolute Gasteiger partial charge is 0.354 e. The van der Waals surface area contributed by atoms with Crippen LogP contribution in [0.5, 0.6) is 0 Å². The van der Waals surface area contributed by atoms with Crippen LogP contribution in [0.2, 0.25) is 0 Å². The molecule has 1 aliphatic heterocycles. The highest BCUT2D eigenvalue weighted by Gasteiger charge is 2.15. The zero-order valence-electron chi connectivity index (χ0n) is 16.4. The number of pyridine rings is 1. The van der Waals surface area contributed by atoms with Crippen LogP contribution in [-0.4, -0.2) is 49.1 Å². The second kappa shape index (κ2) is 8.86. The molecule has 1 aliphatic rings. The molecule has 0 radical (unpaired) electrons. The maximum absolute atomic E-state index is 12.3. The fourth-order valence-electron chi connectivity index (χ4n) is 3.21. The van der Waals surface area contributed by atoms with E-state index in [-0.39, 0.29) is 6.03 Å². The van der Waals surface area contributed by atoms with Crippen LogP contribution < -0.4 is 15.5 Å². The molecule has 2 aromatic rings. The monoisotopic (exact) mass is 367 g/mol. The minimum Gasteiger partial charge on any atom is -0.354 e. The molecule has 1 fully saturated rings. The number of amides is 2. The summed E-state index contributed by atoms with van der Waals surface area (Å²) in [5, 5.41) is 5.85. The standard InChI is InChI=1S/C21H29N5O/c1-16(2)18-6-4-5-7-19(18)24-21(27)23-15-17-8-9-20(22-14-17)26-12-10-25(3)11-13-26/h4-9,14,16H,10-13,15H2,1-3H3,(H2,23,24,27). The van der Waals surface area contributed by atoms with Gasteiger partial charge in [-0.3, -0.25) is 0 Å². The lowest BCUT2D eigenvalue weighted by Crippen LogP contribution is -2.44. The smallest absolute Gasteiger partial charge is 0.319 e. The van der Waals surface area contributed by atoms with Gasteiger partial charge < -0.3 is 20.4 Å². The van der Waals surface area contributed by atoms with E-state index in [2.05, 4.69) is 46.3 Å². The first-order chi connectivity index (χ1) is 13.0. The number of nitrogens with zero attached hydrogens (tertiary/aromatic N) is 3. The number of carbonyl (C=O) groups is 1. The van der Waals surface area contributed by atoms with E-state index >= 15 is 0 Å². The zero-order chi connectivity index (χ0) is 19.2. The first-order valence-corrected chi connectivity index (χ1v) is 9.55. The van der Waals surface area contributed by atoms with E-state index in [9.17, 15) is 4.79 Å². The van der Waals surface area contributed by atoms with Crippen LogP contribution in [0.25, 0.3) is 0 Å². The minimum atomic E-state index is -0.203. The van der Waals surface area contributed by atoms with Gasteiger partial charge in [-0.1, -0.05) is 38.1 Å². The summed E-state index contributed by atoms with van der Waals surface area (Å²) in [6.07, 6.45) is 1.84. The van der Waals surface area contributed by atoms with Crippen molar-refractivity contribution in [1.29, 1.82) is 0 Å². The number of anilines is 2. The second-order valence-corrected chi connectivity index (χ2v) is 7.36. The lowest BCUT2D eigenvalue weighted by molar-refractivity contribution is 0.251. The molecule has 0 bridgehead atoms. The fourth-order valence-corrected chi connectivity index (χ4v) is 3.21. The number of likely N-dealkylation sites (N-methyl/N-ethyl adjacent to an activating group) is 1. The summed E-state index contributed by atoms with van der Waals surface area (Å²) in [4.78, 5) is 21.4. The van der Waals surface area contributed by atoms with E-state index in [1.54, 1.807) is 0 Å². The van der Waals surface area contributed by atoms with E-state index < -0.39 is 0 Å². The van der Waals surface area contributed by atoms with Gasteiger partial charge in [-0.2, -0.15) is 0 Å². The summed E-state index contributed by atoms with van der Waals surface area (Å²) in [6, 6.07) is 11.8. The normalized spacial score (nSPS) is 15.0. The highest BCUT2D eigenvalue weighted by molar-refractivity contribution is 5.90. The summed E-state index contributed by atoms with van der Waals surface area (Å²) in [5.41, 5.74) is 2.97. The number of benzene rings is 1. The van der Waals surface area contributed by atoms with Crippen LogP contribution in [0.15, 0.2) is 42.6 Å². The van der Waals surface area contributed by atoms with Gasteiger partial charge in [0.15, 0.2) is 0 Å². The van der Waals surface area contributed by atoms with Crippen molar-refractivity contribution in [1.82, 2.24) is 15.2 Å². The van der Waals surface area contributed by atoms with Crippen LogP contribution in [0.1, 0.15) is 30.9 Å². The van der Waals surface area contributed by atoms with Crippen LogP contribution >= 0.6 is 0 Å². The predicted molar refractivity (Wildman–Crippen MR) is 110 cm³/mol. The minimum absolute atomic E-state index is 0.203. The molecule has 2 heterocycles. The molecule has 1 aromatic heterocycles. The van der Waals surface area contributed by atoms with Gasteiger partial charge >= 0.3 is 6.03 Å². The average molecular weight is 367 g/mol. The van der Waals surface area contributed by atoms with Crippen molar-refractivity contribution < 1.29 is 4.79 Å². The van der Waals surface area contributed by atoms with Gasteiger partial charge in [-0.15, -0.1) is 0 Å². The lowest BCUT2D eigenvalue weighted by atomic mass is 10.0. The van der Waals surface area contributed by atoms with Crippen molar-refractivity contribution in [3.63, 3.8) is 0 Å². The molecule has 2 N–H and O–H groups in total. The lowest BCUT2D eigenvalue weighted by Gasteiger charge is -2.33. The third kappa shape index (κ3) is 5.20. The molecular weight excluding hydrogens is 338 g/mol. The number of piperazine rings is 1. The third-order valence-corrected chi connectivity index (χ3v) is 4.92. The molecule has 144 valence electrons. The summed E-state index contributed by atoms with van der Waals surface area (Å²) in [5.74, 6) is 1.36. The van der Waals surface area contributed by atoms with Crippen molar-refractivity contribution in [3.8, 4) is 0 Å². The number of aromatic nitrogens is 1. The molecule has 3 rings (SSSR count). The second-order valence-electron chi connectivity index (χ2n) is 7.36. The van der Waals surface area contributed by atoms with Crippen LogP contribution in [0, 0.1) is 0 Å². The summed E-state index contributed by atoms with van der Waals surface area (Å²) < 4.78 is 0. The number of hydrogen-bond donors (Lipinski definition) is 2. The Morgan fingerprint density at radius 1 is 1.11 bits per heavy atom. The molecule has 27 heavy (non-hydrogen) atoms. The van der Waals surface area contributed by atoms with E-state index in [0.717, 1.165) is 48.8 Å². The van der Waals surface area contributed by atoms with Crippen LogP contribution in [-0.2, 0) is 6.54 Å². The molecule has 1 aromatic carbocycles. The maximum atomic E-state index is 12.3. The number of rotatable bonds is 5. The molecule has 6 nitrogen and oxygen atoms in total. The molecule has 0 saturated carbocycles. The van der Waals surface area contributed by atoms with Crippen molar-refractivity contribution >= 4 is 17.5 Å². The molecule has 1 saturated heterocycles. The Bertz CT molecular complexity index is 751. The van der Waals surface area contributed by atoms with E-state index in [1.165, 1.54) is 0 Å². The average Bonchev–Trinajstić information content (AvgIpc) is 2.68. The van der Waals surface area contributed by atoms with Gasteiger partial charge in [0.1, 0.15) is 5.82 Å². The van der Waals surface area contributed by atoms with Crippen molar-refractivity contribution in [2.45, 2.75) is 26.3 Å². The molecule has 0 aliphatic carbocycles. The van der Waals surface area contributed by atoms with Gasteiger partial charge in [0.2, 0.25) is 0 Å². The summed E-state index contributed by atoms with van der Waals surface area (Å²) in [7, 11) is 2.14. The quantitative estimate of drug-likeness (QED) is 0.851. The maximum Gasteiger partial charge on any atom is 0.319 e. The summed E-state index contributed by atoms with van der Waals surface area (Å²) in [6.45, 7) is 8.80. The SMILES string of the molecule is CC(C)c1ccccc1NC(=O)NCc1ccc(N2CCN(C)CC2)nc1. The number of nitrogens with one attached hydrogen (secondary N) is 2. The zero-order valence-corrected chi connectivity index (χ0v) is 16.4. The van der Waals surface area contributed by atoms with E-state index in [1.807, 2.05) is 42.6 Å². The molecule has 0 spiro atoms. The first kappa shape index (κ1) is 19.2. The van der Waals surface area contributed by atoms with Gasteiger partial charge in [0, 0.05) is 44.6 Å². The van der Waals surface area contributed by atoms with Crippen LogP contribution in [0.3, 0.4) is 0 Å². The highest BCUT2D eigenvalue weighted by atomic mass is 16.2. The molecule has 6 heteroatoms. The van der Waals surface area contributed by atoms with Gasteiger partial charge in [-0.05, 0) is 36.2 Å². The number of urea groups is 1. The van der Waals surface area contributed by atoms with E-state index in [0.29, 0.717) is 12.5 Å². The Balaban J connectivity index is 1.52. The molecule has 0 atom stereocenters. The highest BCUT2D eigenvalue weighted by Crippen LogP contribution is 2.23.